The first-order valence-corrected chi connectivity index (χ1v) is 8.26. The zero-order valence-corrected chi connectivity index (χ0v) is 14.8. The molecule has 1 aromatic heterocycles. The van der Waals surface area contributed by atoms with Crippen molar-refractivity contribution in [1.82, 2.24) is 14.9 Å². The molecule has 2 atom stereocenters. The topological polar surface area (TPSA) is 75.0 Å². The van der Waals surface area contributed by atoms with Crippen molar-refractivity contribution in [1.29, 1.82) is 0 Å². The van der Waals surface area contributed by atoms with Crippen LogP contribution in [0.2, 0.25) is 0 Å². The van der Waals surface area contributed by atoms with Crippen LogP contribution in [0, 0.1) is 5.92 Å². The Hall–Kier alpha value is -1.69. The maximum atomic E-state index is 11.7. The Balaban J connectivity index is 0.00000208. The number of H-pyrrole nitrogens is 1. The fourth-order valence-corrected chi connectivity index (χ4v) is 3.44. The molecule has 0 bridgehead atoms. The van der Waals surface area contributed by atoms with E-state index in [0.717, 1.165) is 31.0 Å². The minimum atomic E-state index is -0.0685. The number of aromatic nitrogens is 2. The summed E-state index contributed by atoms with van der Waals surface area (Å²) >= 11 is 0. The molecule has 2 heterocycles. The predicted molar refractivity (Wildman–Crippen MR) is 98.5 cm³/mol. The van der Waals surface area contributed by atoms with Crippen molar-refractivity contribution in [3.05, 3.63) is 63.8 Å². The highest BCUT2D eigenvalue weighted by molar-refractivity contribution is 5.85. The van der Waals surface area contributed by atoms with E-state index in [1.165, 1.54) is 5.56 Å². The van der Waals surface area contributed by atoms with Gasteiger partial charge in [0.2, 0.25) is 0 Å². The Bertz CT molecular complexity index is 704. The molecule has 5 nitrogen and oxygen atoms in total. The van der Waals surface area contributed by atoms with E-state index in [-0.39, 0.29) is 18.0 Å². The summed E-state index contributed by atoms with van der Waals surface area (Å²) < 4.78 is 0. The van der Waals surface area contributed by atoms with E-state index < -0.39 is 0 Å². The summed E-state index contributed by atoms with van der Waals surface area (Å²) in [7, 11) is 0. The number of aromatic amines is 1. The average Bonchev–Trinajstić information content (AvgIpc) is 2.98. The molecule has 24 heavy (non-hydrogen) atoms. The molecule has 1 fully saturated rings. The number of aryl methyl sites for hydroxylation is 1. The fraction of sp³-hybridized carbons (Fsp3) is 0.444. The number of nitrogens with one attached hydrogen (secondary N) is 1. The van der Waals surface area contributed by atoms with Gasteiger partial charge in [0.15, 0.2) is 0 Å². The fourth-order valence-electron chi connectivity index (χ4n) is 3.44. The molecule has 0 aliphatic carbocycles. The Morgan fingerprint density at radius 2 is 2.04 bits per heavy atom. The third kappa shape index (κ3) is 4.23. The smallest absolute Gasteiger partial charge is 0.251 e. The van der Waals surface area contributed by atoms with Crippen molar-refractivity contribution >= 4 is 12.4 Å². The molecule has 3 N–H and O–H groups in total. The number of rotatable bonds is 5. The molecule has 1 aromatic carbocycles. The summed E-state index contributed by atoms with van der Waals surface area (Å²) in [5.74, 6) is 1.64. The summed E-state index contributed by atoms with van der Waals surface area (Å²) in [4.78, 5) is 21.4. The first kappa shape index (κ1) is 18.6. The molecule has 1 aliphatic rings. The van der Waals surface area contributed by atoms with Crippen LogP contribution in [0.5, 0.6) is 0 Å². The average molecular weight is 349 g/mol. The molecule has 1 aliphatic heterocycles. The largest absolute Gasteiger partial charge is 0.330 e. The van der Waals surface area contributed by atoms with Crippen molar-refractivity contribution in [3.63, 3.8) is 0 Å². The van der Waals surface area contributed by atoms with Crippen LogP contribution in [-0.4, -0.2) is 34.5 Å². The van der Waals surface area contributed by atoms with Gasteiger partial charge in [0.1, 0.15) is 5.82 Å². The summed E-state index contributed by atoms with van der Waals surface area (Å²) in [6.07, 6.45) is 0.773. The summed E-state index contributed by atoms with van der Waals surface area (Å²) in [6, 6.07) is 12.1. The van der Waals surface area contributed by atoms with E-state index in [0.29, 0.717) is 24.9 Å². The van der Waals surface area contributed by atoms with Gasteiger partial charge in [-0.15, -0.1) is 12.4 Å². The second-order valence-corrected chi connectivity index (χ2v) is 6.24. The Morgan fingerprint density at radius 1 is 1.29 bits per heavy atom. The second-order valence-electron chi connectivity index (χ2n) is 6.24. The van der Waals surface area contributed by atoms with Crippen LogP contribution in [-0.2, 0) is 13.0 Å². The quantitative estimate of drug-likeness (QED) is 0.865. The number of halogens is 1. The molecular formula is C18H25ClN4O. The lowest BCUT2D eigenvalue weighted by atomic mass is 9.89. The first-order chi connectivity index (χ1) is 11.2. The minimum Gasteiger partial charge on any atom is -0.330 e. The third-order valence-electron chi connectivity index (χ3n) is 4.63. The standard InChI is InChI=1S/C18H24N4O.ClH/c1-2-15-8-18(23)21-17(20-15)12-22-10-14(9-19)16(11-22)13-6-4-3-5-7-13;/h3-8,14,16H,2,9-12,19H2,1H3,(H,20,21,23);1H/t14-,16+;/m1./s1. The van der Waals surface area contributed by atoms with Crippen LogP contribution >= 0.6 is 12.4 Å². The van der Waals surface area contributed by atoms with Gasteiger partial charge in [0.25, 0.3) is 5.56 Å². The number of nitrogens with two attached hydrogens (primary N) is 1. The minimum absolute atomic E-state index is 0. The van der Waals surface area contributed by atoms with Gasteiger partial charge < -0.3 is 10.7 Å². The normalized spacial score (nSPS) is 20.8. The van der Waals surface area contributed by atoms with Crippen LogP contribution in [0.3, 0.4) is 0 Å². The molecule has 3 rings (SSSR count). The SMILES string of the molecule is CCc1cc(=O)[nH]c(CN2C[C@@H](CN)[C@H](c3ccccc3)C2)n1.Cl. The van der Waals surface area contributed by atoms with E-state index >= 15 is 0 Å². The Labute approximate surface area is 148 Å². The molecule has 0 spiro atoms. The molecule has 0 amide bonds. The van der Waals surface area contributed by atoms with Gasteiger partial charge >= 0.3 is 0 Å². The van der Waals surface area contributed by atoms with E-state index in [1.807, 2.05) is 13.0 Å². The van der Waals surface area contributed by atoms with E-state index in [9.17, 15) is 4.79 Å². The number of benzene rings is 1. The highest BCUT2D eigenvalue weighted by atomic mass is 35.5. The molecule has 2 aromatic rings. The van der Waals surface area contributed by atoms with Crippen molar-refractivity contribution in [3.8, 4) is 0 Å². The summed E-state index contributed by atoms with van der Waals surface area (Å²) in [5, 5.41) is 0. The zero-order chi connectivity index (χ0) is 16.2. The maximum Gasteiger partial charge on any atom is 0.251 e. The van der Waals surface area contributed by atoms with Crippen LogP contribution in [0.1, 0.15) is 29.9 Å². The summed E-state index contributed by atoms with van der Waals surface area (Å²) in [6.45, 7) is 5.25. The molecule has 1 saturated heterocycles. The van der Waals surface area contributed by atoms with Crippen LogP contribution < -0.4 is 11.3 Å². The first-order valence-electron chi connectivity index (χ1n) is 8.26. The molecule has 130 valence electrons. The van der Waals surface area contributed by atoms with Gasteiger partial charge in [-0.05, 0) is 24.4 Å². The van der Waals surface area contributed by atoms with E-state index in [4.69, 9.17) is 5.73 Å². The van der Waals surface area contributed by atoms with Crippen molar-refractivity contribution < 1.29 is 0 Å². The van der Waals surface area contributed by atoms with Gasteiger partial charge in [0.05, 0.1) is 6.54 Å². The number of nitrogens with zero attached hydrogens (tertiary/aromatic N) is 2. The van der Waals surface area contributed by atoms with Crippen LogP contribution in [0.4, 0.5) is 0 Å². The number of hydrogen-bond donors (Lipinski definition) is 2. The molecule has 0 unspecified atom stereocenters. The zero-order valence-electron chi connectivity index (χ0n) is 13.9. The monoisotopic (exact) mass is 348 g/mol. The second kappa shape index (κ2) is 8.42. The molecular weight excluding hydrogens is 324 g/mol. The Kier molecular flexibility index (Phi) is 6.54. The number of likely N-dealkylation sites (tertiary alicyclic amines) is 1. The van der Waals surface area contributed by atoms with Gasteiger partial charge in [-0.1, -0.05) is 37.3 Å². The van der Waals surface area contributed by atoms with Gasteiger partial charge in [-0.2, -0.15) is 0 Å². The highest BCUT2D eigenvalue weighted by Gasteiger charge is 2.32. The highest BCUT2D eigenvalue weighted by Crippen LogP contribution is 2.32. The lowest BCUT2D eigenvalue weighted by Gasteiger charge is -2.16. The Morgan fingerprint density at radius 3 is 2.71 bits per heavy atom. The van der Waals surface area contributed by atoms with Crippen LogP contribution in [0.15, 0.2) is 41.2 Å². The third-order valence-corrected chi connectivity index (χ3v) is 4.63. The van der Waals surface area contributed by atoms with Crippen molar-refractivity contribution in [2.75, 3.05) is 19.6 Å². The van der Waals surface area contributed by atoms with E-state index in [2.05, 4.69) is 39.1 Å². The summed E-state index contributed by atoms with van der Waals surface area (Å²) in [5.41, 5.74) is 8.11. The predicted octanol–water partition coefficient (Wildman–Crippen LogP) is 1.93. The molecule has 6 heteroatoms. The van der Waals surface area contributed by atoms with Gasteiger partial charge in [-0.3, -0.25) is 9.69 Å². The molecule has 0 radical (unpaired) electrons. The van der Waals surface area contributed by atoms with Crippen molar-refractivity contribution in [2.45, 2.75) is 25.8 Å². The van der Waals surface area contributed by atoms with Gasteiger partial charge in [-0.25, -0.2) is 4.98 Å². The van der Waals surface area contributed by atoms with E-state index in [1.54, 1.807) is 6.07 Å². The maximum absolute atomic E-state index is 11.7. The lowest BCUT2D eigenvalue weighted by molar-refractivity contribution is 0.308. The van der Waals surface area contributed by atoms with Crippen LogP contribution in [0.25, 0.3) is 0 Å². The van der Waals surface area contributed by atoms with Crippen molar-refractivity contribution in [2.24, 2.45) is 11.7 Å². The molecule has 0 saturated carbocycles. The number of hydrogen-bond acceptors (Lipinski definition) is 4. The van der Waals surface area contributed by atoms with Gasteiger partial charge in [0, 0.05) is 30.8 Å². The lowest BCUT2D eigenvalue weighted by Crippen LogP contribution is -2.25.